The van der Waals surface area contributed by atoms with E-state index in [1.54, 1.807) is 12.1 Å². The predicted octanol–water partition coefficient (Wildman–Crippen LogP) is 3.84. The van der Waals surface area contributed by atoms with E-state index in [4.69, 9.17) is 4.74 Å². The topological polar surface area (TPSA) is 68.2 Å². The van der Waals surface area contributed by atoms with Gasteiger partial charge in [0.2, 0.25) is 23.2 Å². The summed E-state index contributed by atoms with van der Waals surface area (Å²) in [7, 11) is 0. The molecule has 0 saturated carbocycles. The Bertz CT molecular complexity index is 1010. The van der Waals surface area contributed by atoms with E-state index in [-0.39, 0.29) is 17.6 Å². The highest BCUT2D eigenvalue weighted by Crippen LogP contribution is 2.43. The normalized spacial score (nSPS) is 15.4. The van der Waals surface area contributed by atoms with Gasteiger partial charge >= 0.3 is 0 Å². The van der Waals surface area contributed by atoms with Gasteiger partial charge in [0.05, 0.1) is 5.69 Å². The van der Waals surface area contributed by atoms with Crippen molar-refractivity contribution in [3.05, 3.63) is 59.9 Å². The molecule has 1 aliphatic heterocycles. The maximum Gasteiger partial charge on any atom is 0.247 e. The molecule has 0 radical (unpaired) electrons. The van der Waals surface area contributed by atoms with Gasteiger partial charge in [-0.05, 0) is 24.5 Å². The Morgan fingerprint density at radius 2 is 1.89 bits per heavy atom. The Labute approximate surface area is 159 Å². The molecule has 2 heterocycles. The fraction of sp³-hybridized carbons (Fsp3) is 0.158. The molecule has 0 N–H and O–H groups in total. The van der Waals surface area contributed by atoms with Gasteiger partial charge < -0.3 is 4.74 Å². The van der Waals surface area contributed by atoms with Crippen LogP contribution in [0.3, 0.4) is 0 Å². The zero-order chi connectivity index (χ0) is 19.0. The summed E-state index contributed by atoms with van der Waals surface area (Å²) >= 11 is 1.34. The number of amides is 1. The fourth-order valence-electron chi connectivity index (χ4n) is 2.98. The van der Waals surface area contributed by atoms with Crippen LogP contribution in [0.2, 0.25) is 0 Å². The van der Waals surface area contributed by atoms with Crippen molar-refractivity contribution in [2.24, 2.45) is 0 Å². The molecule has 0 aliphatic carbocycles. The first-order valence-electron chi connectivity index (χ1n) is 8.18. The number of aromatic nitrogens is 3. The quantitative estimate of drug-likeness (QED) is 0.627. The van der Waals surface area contributed by atoms with Gasteiger partial charge in [0.15, 0.2) is 5.69 Å². The van der Waals surface area contributed by atoms with Crippen LogP contribution in [-0.4, -0.2) is 27.3 Å². The number of halogens is 1. The Morgan fingerprint density at radius 3 is 2.59 bits per heavy atom. The number of hydrogen-bond donors (Lipinski definition) is 0. The molecule has 136 valence electrons. The molecule has 4 rings (SSSR count). The van der Waals surface area contributed by atoms with Crippen LogP contribution in [0.1, 0.15) is 18.7 Å². The molecule has 0 fully saturated rings. The van der Waals surface area contributed by atoms with Gasteiger partial charge in [-0.25, -0.2) is 4.39 Å². The van der Waals surface area contributed by atoms with Crippen molar-refractivity contribution in [2.45, 2.75) is 18.3 Å². The van der Waals surface area contributed by atoms with Crippen molar-refractivity contribution in [1.29, 1.82) is 0 Å². The van der Waals surface area contributed by atoms with E-state index in [1.165, 1.54) is 35.7 Å². The summed E-state index contributed by atoms with van der Waals surface area (Å²) in [4.78, 5) is 18.5. The lowest BCUT2D eigenvalue weighted by atomic mass is 10.1. The standard InChI is InChI=1S/C19H15FN4O2S/c1-11(25)24-15-6-4-3-5-14(15)16-17(21-19(27-2)23-22-16)26-18(24)12-7-9-13(20)10-8-12/h3-10,18H,1-2H3. The van der Waals surface area contributed by atoms with Crippen LogP contribution in [0.4, 0.5) is 10.1 Å². The van der Waals surface area contributed by atoms with Crippen molar-refractivity contribution < 1.29 is 13.9 Å². The van der Waals surface area contributed by atoms with Crippen molar-refractivity contribution in [3.8, 4) is 17.1 Å². The van der Waals surface area contributed by atoms with Crippen LogP contribution >= 0.6 is 11.8 Å². The van der Waals surface area contributed by atoms with E-state index < -0.39 is 6.23 Å². The van der Waals surface area contributed by atoms with Gasteiger partial charge in [-0.3, -0.25) is 9.69 Å². The monoisotopic (exact) mass is 382 g/mol. The highest BCUT2D eigenvalue weighted by atomic mass is 32.2. The summed E-state index contributed by atoms with van der Waals surface area (Å²) in [6.45, 7) is 1.46. The number of ether oxygens (including phenoxy) is 1. The number of benzene rings is 2. The third-order valence-corrected chi connectivity index (χ3v) is 4.73. The molecule has 6 nitrogen and oxygen atoms in total. The van der Waals surface area contributed by atoms with Crippen molar-refractivity contribution in [2.75, 3.05) is 11.2 Å². The van der Waals surface area contributed by atoms with Crippen LogP contribution in [0, 0.1) is 5.82 Å². The van der Waals surface area contributed by atoms with E-state index in [9.17, 15) is 9.18 Å². The van der Waals surface area contributed by atoms with Crippen LogP contribution in [0.15, 0.2) is 53.7 Å². The Kier molecular flexibility index (Phi) is 4.49. The number of rotatable bonds is 2. The lowest BCUT2D eigenvalue weighted by Crippen LogP contribution is -2.36. The Hall–Kier alpha value is -3.00. The zero-order valence-electron chi connectivity index (χ0n) is 14.6. The molecule has 8 heteroatoms. The SMILES string of the molecule is CSc1nnc2c(n1)OC(c1ccc(F)cc1)N(C(C)=O)c1ccccc1-2. The molecule has 0 saturated heterocycles. The van der Waals surface area contributed by atoms with Crippen LogP contribution in [0.5, 0.6) is 5.88 Å². The van der Waals surface area contributed by atoms with Gasteiger partial charge in [-0.2, -0.15) is 4.98 Å². The third-order valence-electron chi connectivity index (χ3n) is 4.19. The van der Waals surface area contributed by atoms with Crippen molar-refractivity contribution >= 4 is 23.4 Å². The van der Waals surface area contributed by atoms with Gasteiger partial charge in [0.1, 0.15) is 5.82 Å². The molecule has 1 atom stereocenters. The molecule has 0 spiro atoms. The molecule has 1 aromatic heterocycles. The van der Waals surface area contributed by atoms with Crippen LogP contribution in [0.25, 0.3) is 11.3 Å². The minimum atomic E-state index is -0.808. The van der Waals surface area contributed by atoms with E-state index in [0.29, 0.717) is 27.7 Å². The molecule has 1 amide bonds. The van der Waals surface area contributed by atoms with E-state index >= 15 is 0 Å². The number of para-hydroxylation sites is 1. The molecule has 27 heavy (non-hydrogen) atoms. The maximum absolute atomic E-state index is 13.4. The molecule has 1 aliphatic rings. The first-order valence-corrected chi connectivity index (χ1v) is 9.41. The summed E-state index contributed by atoms with van der Waals surface area (Å²) in [5, 5.41) is 8.83. The average Bonchev–Trinajstić information content (AvgIpc) is 2.82. The number of anilines is 1. The first kappa shape index (κ1) is 17.4. The smallest absolute Gasteiger partial charge is 0.247 e. The van der Waals surface area contributed by atoms with Crippen LogP contribution < -0.4 is 9.64 Å². The summed E-state index contributed by atoms with van der Waals surface area (Å²) in [5.74, 6) is -0.307. The molecule has 3 aromatic rings. The molecule has 2 aromatic carbocycles. The molecular weight excluding hydrogens is 367 g/mol. The predicted molar refractivity (Wildman–Crippen MR) is 100.0 cm³/mol. The van der Waals surface area contributed by atoms with Gasteiger partial charge in [0.25, 0.3) is 0 Å². The first-order chi connectivity index (χ1) is 13.1. The number of thioether (sulfide) groups is 1. The number of nitrogens with zero attached hydrogens (tertiary/aromatic N) is 4. The fourth-order valence-corrected chi connectivity index (χ4v) is 3.28. The summed E-state index contributed by atoms with van der Waals surface area (Å²) in [6, 6.07) is 13.2. The lowest BCUT2D eigenvalue weighted by molar-refractivity contribution is -0.118. The van der Waals surface area contributed by atoms with Gasteiger partial charge in [-0.15, -0.1) is 10.2 Å². The van der Waals surface area contributed by atoms with Crippen molar-refractivity contribution in [3.63, 3.8) is 0 Å². The van der Waals surface area contributed by atoms with E-state index in [2.05, 4.69) is 15.2 Å². The average molecular weight is 382 g/mol. The summed E-state index contributed by atoms with van der Waals surface area (Å²) in [5.41, 5.74) is 2.41. The zero-order valence-corrected chi connectivity index (χ0v) is 15.4. The minimum absolute atomic E-state index is 0.220. The van der Waals surface area contributed by atoms with E-state index in [1.807, 2.05) is 30.5 Å². The lowest BCUT2D eigenvalue weighted by Gasteiger charge is -2.29. The Balaban J connectivity index is 1.96. The molecule has 1 unspecified atom stereocenters. The van der Waals surface area contributed by atoms with Crippen LogP contribution in [-0.2, 0) is 4.79 Å². The minimum Gasteiger partial charge on any atom is -0.447 e. The Morgan fingerprint density at radius 1 is 1.15 bits per heavy atom. The maximum atomic E-state index is 13.4. The number of hydrogen-bond acceptors (Lipinski definition) is 6. The third kappa shape index (κ3) is 3.12. The highest BCUT2D eigenvalue weighted by Gasteiger charge is 2.34. The summed E-state index contributed by atoms with van der Waals surface area (Å²) < 4.78 is 19.5. The molecule has 0 bridgehead atoms. The highest BCUT2D eigenvalue weighted by molar-refractivity contribution is 7.98. The van der Waals surface area contributed by atoms with Gasteiger partial charge in [0, 0.05) is 18.1 Å². The second kappa shape index (κ2) is 6.96. The number of carbonyl (C=O) groups excluding carboxylic acids is 1. The molecular formula is C19H15FN4O2S. The summed E-state index contributed by atoms with van der Waals surface area (Å²) in [6.07, 6.45) is 1.03. The number of fused-ring (bicyclic) bond motifs is 3. The largest absolute Gasteiger partial charge is 0.447 e. The van der Waals surface area contributed by atoms with Crippen molar-refractivity contribution in [1.82, 2.24) is 15.2 Å². The van der Waals surface area contributed by atoms with Gasteiger partial charge in [-0.1, -0.05) is 42.1 Å². The number of carbonyl (C=O) groups is 1. The second-order valence-corrected chi connectivity index (χ2v) is 6.65. The van der Waals surface area contributed by atoms with E-state index in [0.717, 1.165) is 0 Å². The second-order valence-electron chi connectivity index (χ2n) is 5.88.